The van der Waals surface area contributed by atoms with E-state index in [0.717, 1.165) is 23.1 Å². The number of methoxy groups -OCH3 is 4. The van der Waals surface area contributed by atoms with Crippen molar-refractivity contribution >= 4 is 17.5 Å². The van der Waals surface area contributed by atoms with E-state index < -0.39 is 12.1 Å². The summed E-state index contributed by atoms with van der Waals surface area (Å²) in [5, 5.41) is 9.19. The molecule has 2 aromatic carbocycles. The number of hydrogen-bond donors (Lipinski definition) is 3. The minimum Gasteiger partial charge on any atom is -0.493 e. The predicted molar refractivity (Wildman–Crippen MR) is 159 cm³/mol. The summed E-state index contributed by atoms with van der Waals surface area (Å²) in [6.45, 7) is 6.46. The van der Waals surface area contributed by atoms with E-state index in [-0.39, 0.29) is 28.8 Å². The molecule has 3 rings (SSSR count). The first-order valence-corrected chi connectivity index (χ1v) is 14.0. The first kappa shape index (κ1) is 31.7. The molecule has 2 aromatic rings. The highest BCUT2D eigenvalue weighted by Gasteiger charge is 2.30. The lowest BCUT2D eigenvalue weighted by Gasteiger charge is -2.24. The van der Waals surface area contributed by atoms with Crippen molar-refractivity contribution in [2.45, 2.75) is 58.5 Å². The van der Waals surface area contributed by atoms with Gasteiger partial charge in [-0.05, 0) is 60.1 Å². The van der Waals surface area contributed by atoms with Crippen LogP contribution in [-0.2, 0) is 20.7 Å². The van der Waals surface area contributed by atoms with E-state index in [0.29, 0.717) is 55.2 Å². The zero-order chi connectivity index (χ0) is 30.1. The number of carbonyl (C=O) groups excluding carboxylic acids is 2. The first-order valence-electron chi connectivity index (χ1n) is 14.0. The summed E-state index contributed by atoms with van der Waals surface area (Å²) in [6.07, 6.45) is 2.59. The molecule has 0 saturated carbocycles. The molecule has 2 amide bonds. The van der Waals surface area contributed by atoms with Crippen molar-refractivity contribution < 1.29 is 28.5 Å². The van der Waals surface area contributed by atoms with E-state index in [9.17, 15) is 14.4 Å². The molecule has 0 saturated heterocycles. The van der Waals surface area contributed by atoms with Crippen molar-refractivity contribution in [2.24, 2.45) is 5.92 Å². The van der Waals surface area contributed by atoms with Crippen molar-refractivity contribution in [3.63, 3.8) is 0 Å². The number of aryl methyl sites for hydroxylation is 1. The molecule has 0 heterocycles. The molecule has 10 heteroatoms. The van der Waals surface area contributed by atoms with Gasteiger partial charge in [0.2, 0.25) is 23.0 Å². The van der Waals surface area contributed by atoms with Crippen LogP contribution in [0.25, 0.3) is 11.1 Å². The Morgan fingerprint density at radius 2 is 1.78 bits per heavy atom. The third-order valence-electron chi connectivity index (χ3n) is 7.55. The van der Waals surface area contributed by atoms with Crippen LogP contribution in [0, 0.1) is 5.92 Å². The highest BCUT2D eigenvalue weighted by atomic mass is 16.5. The van der Waals surface area contributed by atoms with Gasteiger partial charge in [0.25, 0.3) is 0 Å². The number of amides is 2. The van der Waals surface area contributed by atoms with Gasteiger partial charge in [-0.25, -0.2) is 0 Å². The lowest BCUT2D eigenvalue weighted by molar-refractivity contribution is -0.123. The molecular weight excluding hydrogens is 526 g/mol. The SMILES string of the molecule is CC[C@@H](C)[C@H](Nc1ccc2c(cc1=O)[C@@H](NC(C)=O)CCc1cc(OC)c(OC)c(OC)c1-2)C(=O)NCCCOC. The molecule has 0 fully saturated rings. The van der Waals surface area contributed by atoms with Crippen molar-refractivity contribution in [2.75, 3.05) is 46.9 Å². The molecule has 41 heavy (non-hydrogen) atoms. The molecular formula is C31H43N3O7. The Kier molecular flexibility index (Phi) is 11.4. The molecule has 0 aromatic heterocycles. The monoisotopic (exact) mass is 569 g/mol. The van der Waals surface area contributed by atoms with Gasteiger partial charge in [-0.1, -0.05) is 26.3 Å². The topological polar surface area (TPSA) is 124 Å². The molecule has 0 aliphatic heterocycles. The molecule has 3 atom stereocenters. The van der Waals surface area contributed by atoms with Crippen molar-refractivity contribution in [3.05, 3.63) is 45.6 Å². The zero-order valence-corrected chi connectivity index (χ0v) is 25.1. The van der Waals surface area contributed by atoms with E-state index in [1.54, 1.807) is 40.6 Å². The number of carbonyl (C=O) groups is 2. The number of fused-ring (bicyclic) bond motifs is 3. The van der Waals surface area contributed by atoms with Crippen molar-refractivity contribution in [3.8, 4) is 28.4 Å². The van der Waals surface area contributed by atoms with Crippen LogP contribution < -0.4 is 35.6 Å². The summed E-state index contributed by atoms with van der Waals surface area (Å²) in [6, 6.07) is 5.97. The van der Waals surface area contributed by atoms with E-state index in [1.165, 1.54) is 6.92 Å². The molecule has 0 spiro atoms. The number of anilines is 1. The van der Waals surface area contributed by atoms with Gasteiger partial charge in [-0.3, -0.25) is 14.4 Å². The van der Waals surface area contributed by atoms with Gasteiger partial charge < -0.3 is 34.9 Å². The fourth-order valence-electron chi connectivity index (χ4n) is 5.23. The quantitative estimate of drug-likeness (QED) is 0.311. The van der Waals surface area contributed by atoms with E-state index in [4.69, 9.17) is 18.9 Å². The molecule has 0 radical (unpaired) electrons. The van der Waals surface area contributed by atoms with Gasteiger partial charge in [0.05, 0.1) is 33.1 Å². The Morgan fingerprint density at radius 1 is 1.05 bits per heavy atom. The molecule has 0 unspecified atom stereocenters. The van der Waals surface area contributed by atoms with Crippen LogP contribution in [0.15, 0.2) is 29.1 Å². The standard InChI is InChI=1S/C31H43N3O7/c1-8-18(2)28(31(37)32-14-9-15-38-4)34-24-13-11-21-22(17-25(24)36)23(33-19(3)35)12-10-20-16-26(39-5)29(40-6)30(41-7)27(20)21/h11,13,16-18,23,28H,8-10,12,14-15H2,1-7H3,(H,32,37)(H,33,35)(H,34,36)/t18-,23+,28+/m1/s1. The molecule has 1 aliphatic carbocycles. The summed E-state index contributed by atoms with van der Waals surface area (Å²) in [5.41, 5.74) is 3.09. The van der Waals surface area contributed by atoms with Crippen LogP contribution in [0.1, 0.15) is 57.2 Å². The normalized spacial score (nSPS) is 15.3. The van der Waals surface area contributed by atoms with E-state index in [1.807, 2.05) is 26.0 Å². The maximum absolute atomic E-state index is 13.7. The van der Waals surface area contributed by atoms with Gasteiger partial charge in [0.15, 0.2) is 11.5 Å². The largest absolute Gasteiger partial charge is 0.493 e. The molecule has 0 bridgehead atoms. The fraction of sp³-hybridized carbons (Fsp3) is 0.516. The Bertz CT molecular complexity index is 1300. The third-order valence-corrected chi connectivity index (χ3v) is 7.55. The summed E-state index contributed by atoms with van der Waals surface area (Å²) in [4.78, 5) is 39.0. The Balaban J connectivity index is 2.18. The van der Waals surface area contributed by atoms with Crippen molar-refractivity contribution in [1.29, 1.82) is 0 Å². The van der Waals surface area contributed by atoms with Gasteiger partial charge in [0, 0.05) is 32.7 Å². The Labute approximate surface area is 242 Å². The van der Waals surface area contributed by atoms with Crippen LogP contribution in [0.4, 0.5) is 5.69 Å². The molecule has 3 N–H and O–H groups in total. The molecule has 10 nitrogen and oxygen atoms in total. The van der Waals surface area contributed by atoms with Gasteiger partial charge in [-0.2, -0.15) is 0 Å². The van der Waals surface area contributed by atoms with Gasteiger partial charge >= 0.3 is 0 Å². The summed E-state index contributed by atoms with van der Waals surface area (Å²) >= 11 is 0. The van der Waals surface area contributed by atoms with Crippen LogP contribution in [0.5, 0.6) is 17.2 Å². The second-order valence-electron chi connectivity index (χ2n) is 10.2. The second kappa shape index (κ2) is 14.7. The second-order valence-corrected chi connectivity index (χ2v) is 10.2. The Morgan fingerprint density at radius 3 is 2.39 bits per heavy atom. The summed E-state index contributed by atoms with van der Waals surface area (Å²) < 4.78 is 22.2. The van der Waals surface area contributed by atoms with Crippen LogP contribution in [0.2, 0.25) is 0 Å². The third kappa shape index (κ3) is 7.30. The maximum Gasteiger partial charge on any atom is 0.242 e. The van der Waals surface area contributed by atoms with Crippen LogP contribution in [-0.4, -0.2) is 59.4 Å². The zero-order valence-electron chi connectivity index (χ0n) is 25.1. The number of ether oxygens (including phenoxy) is 4. The minimum absolute atomic E-state index is 0.0372. The van der Waals surface area contributed by atoms with Gasteiger partial charge in [0.1, 0.15) is 6.04 Å². The average Bonchev–Trinajstić information content (AvgIpc) is 3.20. The van der Waals surface area contributed by atoms with Crippen LogP contribution >= 0.6 is 0 Å². The predicted octanol–water partition coefficient (Wildman–Crippen LogP) is 3.84. The van der Waals surface area contributed by atoms with E-state index >= 15 is 0 Å². The minimum atomic E-state index is -0.616. The number of hydrogen-bond acceptors (Lipinski definition) is 8. The average molecular weight is 570 g/mol. The lowest BCUT2D eigenvalue weighted by Crippen LogP contribution is -2.44. The van der Waals surface area contributed by atoms with Crippen LogP contribution in [0.3, 0.4) is 0 Å². The number of nitrogens with one attached hydrogen (secondary N) is 3. The Hall–Kier alpha value is -3.79. The van der Waals surface area contributed by atoms with Crippen molar-refractivity contribution in [1.82, 2.24) is 10.6 Å². The van der Waals surface area contributed by atoms with E-state index in [2.05, 4.69) is 16.0 Å². The maximum atomic E-state index is 13.7. The summed E-state index contributed by atoms with van der Waals surface area (Å²) in [7, 11) is 6.29. The molecule has 1 aliphatic rings. The first-order chi connectivity index (χ1) is 19.7. The highest BCUT2D eigenvalue weighted by Crippen LogP contribution is 2.50. The number of benzene rings is 1. The lowest BCUT2D eigenvalue weighted by atomic mass is 9.95. The highest BCUT2D eigenvalue weighted by molar-refractivity contribution is 5.86. The summed E-state index contributed by atoms with van der Waals surface area (Å²) in [5.74, 6) is 1.03. The van der Waals surface area contributed by atoms with Gasteiger partial charge in [-0.15, -0.1) is 0 Å². The molecule has 224 valence electrons. The fourth-order valence-corrected chi connectivity index (χ4v) is 5.23. The smallest absolute Gasteiger partial charge is 0.242 e. The number of rotatable bonds is 13.